The first kappa shape index (κ1) is 21.2. The lowest BCUT2D eigenvalue weighted by molar-refractivity contribution is -0.131. The number of aryl methyl sites for hydroxylation is 1. The molecule has 0 bridgehead atoms. The molecule has 2 saturated heterocycles. The zero-order chi connectivity index (χ0) is 21.8. The predicted octanol–water partition coefficient (Wildman–Crippen LogP) is 2.46. The van der Waals surface area contributed by atoms with Gasteiger partial charge in [-0.15, -0.1) is 0 Å². The van der Waals surface area contributed by atoms with Gasteiger partial charge < -0.3 is 15.0 Å². The number of methoxy groups -OCH3 is 1. The third-order valence-corrected chi connectivity index (χ3v) is 6.05. The fourth-order valence-electron chi connectivity index (χ4n) is 4.21. The van der Waals surface area contributed by atoms with Gasteiger partial charge in [0.1, 0.15) is 11.6 Å². The normalized spacial score (nSPS) is 18.9. The summed E-state index contributed by atoms with van der Waals surface area (Å²) in [6, 6.07) is 7.15. The monoisotopic (exact) mass is 423 g/mol. The Morgan fingerprint density at radius 1 is 1.16 bits per heavy atom. The molecule has 0 aliphatic carbocycles. The van der Waals surface area contributed by atoms with Crippen LogP contribution >= 0.6 is 0 Å². The SMILES string of the molecule is COc1ccc(NC(=O)c2cnc(C3CCN(C(=O)CN4CCCC4)C3)nc2C)cc1. The van der Waals surface area contributed by atoms with E-state index in [4.69, 9.17) is 4.74 Å². The number of anilines is 1. The highest BCUT2D eigenvalue weighted by Gasteiger charge is 2.30. The van der Waals surface area contributed by atoms with E-state index in [2.05, 4.69) is 20.2 Å². The molecule has 1 unspecified atom stereocenters. The molecule has 2 aliphatic heterocycles. The summed E-state index contributed by atoms with van der Waals surface area (Å²) in [7, 11) is 1.60. The summed E-state index contributed by atoms with van der Waals surface area (Å²) in [6.07, 6.45) is 4.80. The van der Waals surface area contributed by atoms with Crippen molar-refractivity contribution in [1.82, 2.24) is 19.8 Å². The third kappa shape index (κ3) is 5.02. The molecule has 0 saturated carbocycles. The number of nitrogens with one attached hydrogen (secondary N) is 1. The van der Waals surface area contributed by atoms with Gasteiger partial charge in [-0.25, -0.2) is 9.97 Å². The Morgan fingerprint density at radius 2 is 1.90 bits per heavy atom. The van der Waals surface area contributed by atoms with Crippen molar-refractivity contribution < 1.29 is 14.3 Å². The number of nitrogens with zero attached hydrogens (tertiary/aromatic N) is 4. The van der Waals surface area contributed by atoms with Gasteiger partial charge in [0.25, 0.3) is 5.91 Å². The van der Waals surface area contributed by atoms with E-state index >= 15 is 0 Å². The van der Waals surface area contributed by atoms with Gasteiger partial charge in [0.2, 0.25) is 5.91 Å². The van der Waals surface area contributed by atoms with Crippen molar-refractivity contribution in [3.8, 4) is 5.75 Å². The predicted molar refractivity (Wildman–Crippen MR) is 117 cm³/mol. The van der Waals surface area contributed by atoms with Crippen molar-refractivity contribution in [2.45, 2.75) is 32.1 Å². The standard InChI is InChI=1S/C23H29N5O3/c1-16-20(23(30)26-18-5-7-19(31-2)8-6-18)13-24-22(25-16)17-9-12-28(14-17)21(29)15-27-10-3-4-11-27/h5-8,13,17H,3-4,9-12,14-15H2,1-2H3,(H,26,30). The Labute approximate surface area is 182 Å². The van der Waals surface area contributed by atoms with Crippen LogP contribution in [0.4, 0.5) is 5.69 Å². The van der Waals surface area contributed by atoms with Crippen molar-refractivity contribution in [1.29, 1.82) is 0 Å². The number of amides is 2. The molecule has 1 aromatic carbocycles. The molecule has 0 spiro atoms. The lowest BCUT2D eigenvalue weighted by Crippen LogP contribution is -2.38. The summed E-state index contributed by atoms with van der Waals surface area (Å²) in [5, 5.41) is 2.86. The van der Waals surface area contributed by atoms with Gasteiger partial charge in [-0.1, -0.05) is 0 Å². The lowest BCUT2D eigenvalue weighted by atomic mass is 10.1. The van der Waals surface area contributed by atoms with Crippen LogP contribution < -0.4 is 10.1 Å². The molecule has 1 aromatic heterocycles. The van der Waals surface area contributed by atoms with E-state index in [1.165, 1.54) is 12.8 Å². The summed E-state index contributed by atoms with van der Waals surface area (Å²) < 4.78 is 5.14. The zero-order valence-corrected chi connectivity index (χ0v) is 18.1. The second-order valence-corrected chi connectivity index (χ2v) is 8.22. The Morgan fingerprint density at radius 3 is 2.58 bits per heavy atom. The average Bonchev–Trinajstić information content (AvgIpc) is 3.46. The number of carbonyl (C=O) groups is 2. The van der Waals surface area contributed by atoms with Gasteiger partial charge in [0.15, 0.2) is 0 Å². The van der Waals surface area contributed by atoms with E-state index in [-0.39, 0.29) is 17.7 Å². The minimum Gasteiger partial charge on any atom is -0.497 e. The van der Waals surface area contributed by atoms with Crippen molar-refractivity contribution in [2.75, 3.05) is 45.2 Å². The number of carbonyl (C=O) groups excluding carboxylic acids is 2. The van der Waals surface area contributed by atoms with Gasteiger partial charge >= 0.3 is 0 Å². The second-order valence-electron chi connectivity index (χ2n) is 8.22. The Bertz CT molecular complexity index is 941. The van der Waals surface area contributed by atoms with Crippen LogP contribution in [0.5, 0.6) is 5.75 Å². The highest BCUT2D eigenvalue weighted by Crippen LogP contribution is 2.26. The average molecular weight is 424 g/mol. The van der Waals surface area contributed by atoms with Crippen LogP contribution in [0, 0.1) is 6.92 Å². The molecule has 31 heavy (non-hydrogen) atoms. The smallest absolute Gasteiger partial charge is 0.259 e. The number of likely N-dealkylation sites (tertiary alicyclic amines) is 2. The van der Waals surface area contributed by atoms with Gasteiger partial charge in [-0.05, 0) is 63.5 Å². The van der Waals surface area contributed by atoms with Crippen LogP contribution in [-0.2, 0) is 4.79 Å². The van der Waals surface area contributed by atoms with E-state index in [0.29, 0.717) is 35.9 Å². The second kappa shape index (κ2) is 9.43. The zero-order valence-electron chi connectivity index (χ0n) is 18.1. The van der Waals surface area contributed by atoms with Crippen molar-refractivity contribution in [3.63, 3.8) is 0 Å². The van der Waals surface area contributed by atoms with Gasteiger partial charge in [0, 0.05) is 30.9 Å². The first-order chi connectivity index (χ1) is 15.0. The molecule has 8 heteroatoms. The summed E-state index contributed by atoms with van der Waals surface area (Å²) in [5.74, 6) is 1.49. The van der Waals surface area contributed by atoms with Crippen molar-refractivity contribution in [3.05, 3.63) is 47.5 Å². The Hall–Kier alpha value is -3.00. The minimum atomic E-state index is -0.247. The first-order valence-corrected chi connectivity index (χ1v) is 10.8. The molecular weight excluding hydrogens is 394 g/mol. The van der Waals surface area contributed by atoms with Crippen LogP contribution in [0.2, 0.25) is 0 Å². The molecule has 2 amide bonds. The summed E-state index contributed by atoms with van der Waals surface area (Å²) in [4.78, 5) is 38.5. The summed E-state index contributed by atoms with van der Waals surface area (Å²) in [5.41, 5.74) is 1.76. The Balaban J connectivity index is 1.36. The molecule has 164 valence electrons. The maximum atomic E-state index is 12.6. The molecule has 2 fully saturated rings. The topological polar surface area (TPSA) is 87.7 Å². The fraction of sp³-hybridized carbons (Fsp3) is 0.478. The third-order valence-electron chi connectivity index (χ3n) is 6.05. The number of rotatable bonds is 6. The van der Waals surface area contributed by atoms with Crippen molar-refractivity contribution in [2.24, 2.45) is 0 Å². The largest absolute Gasteiger partial charge is 0.497 e. The fourth-order valence-corrected chi connectivity index (χ4v) is 4.21. The maximum Gasteiger partial charge on any atom is 0.259 e. The molecule has 3 heterocycles. The molecule has 2 aliphatic rings. The van der Waals surface area contributed by atoms with Gasteiger partial charge in [-0.2, -0.15) is 0 Å². The molecule has 0 radical (unpaired) electrons. The quantitative estimate of drug-likeness (QED) is 0.768. The molecular formula is C23H29N5O3. The van der Waals surface area contributed by atoms with E-state index in [9.17, 15) is 9.59 Å². The van der Waals surface area contributed by atoms with Gasteiger partial charge in [0.05, 0.1) is 24.9 Å². The van der Waals surface area contributed by atoms with E-state index in [1.807, 2.05) is 11.8 Å². The molecule has 8 nitrogen and oxygen atoms in total. The van der Waals surface area contributed by atoms with Crippen LogP contribution in [0.15, 0.2) is 30.5 Å². The molecule has 2 aromatic rings. The highest BCUT2D eigenvalue weighted by atomic mass is 16.5. The highest BCUT2D eigenvalue weighted by molar-refractivity contribution is 6.04. The molecule has 1 atom stereocenters. The molecule has 4 rings (SSSR count). The van der Waals surface area contributed by atoms with Gasteiger partial charge in [-0.3, -0.25) is 14.5 Å². The number of hydrogen-bond acceptors (Lipinski definition) is 6. The van der Waals surface area contributed by atoms with Crippen LogP contribution in [0.1, 0.15) is 47.1 Å². The molecule has 1 N–H and O–H groups in total. The van der Waals surface area contributed by atoms with Crippen LogP contribution in [-0.4, -0.2) is 71.4 Å². The first-order valence-electron chi connectivity index (χ1n) is 10.8. The minimum absolute atomic E-state index is 0.111. The van der Waals surface area contributed by atoms with Crippen LogP contribution in [0.3, 0.4) is 0 Å². The lowest BCUT2D eigenvalue weighted by Gasteiger charge is -2.20. The number of ether oxygens (including phenoxy) is 1. The van der Waals surface area contributed by atoms with E-state index in [1.54, 1.807) is 37.6 Å². The number of benzene rings is 1. The number of aromatic nitrogens is 2. The van der Waals surface area contributed by atoms with E-state index in [0.717, 1.165) is 31.8 Å². The number of hydrogen-bond donors (Lipinski definition) is 1. The maximum absolute atomic E-state index is 12.6. The van der Waals surface area contributed by atoms with Crippen molar-refractivity contribution >= 4 is 17.5 Å². The summed E-state index contributed by atoms with van der Waals surface area (Å²) in [6.45, 7) is 5.75. The van der Waals surface area contributed by atoms with E-state index < -0.39 is 0 Å². The Kier molecular flexibility index (Phi) is 6.46. The summed E-state index contributed by atoms with van der Waals surface area (Å²) >= 11 is 0. The van der Waals surface area contributed by atoms with Crippen LogP contribution in [0.25, 0.3) is 0 Å².